The summed E-state index contributed by atoms with van der Waals surface area (Å²) in [6, 6.07) is 1.70. The first-order valence-electron chi connectivity index (χ1n) is 8.69. The van der Waals surface area contributed by atoms with Gasteiger partial charge in [-0.3, -0.25) is 9.67 Å². The maximum absolute atomic E-state index is 14.0. The zero-order chi connectivity index (χ0) is 19.8. The number of piperazine rings is 1. The number of nitrogens with zero attached hydrogens (tertiary/aromatic N) is 6. The van der Waals surface area contributed by atoms with Crippen LogP contribution in [0.25, 0.3) is 11.0 Å². The Balaban J connectivity index is 1.64. The highest BCUT2D eigenvalue weighted by Crippen LogP contribution is 2.28. The second kappa shape index (κ2) is 7.02. The van der Waals surface area contributed by atoms with Gasteiger partial charge in [0, 0.05) is 38.6 Å². The number of halogens is 2. The van der Waals surface area contributed by atoms with Crippen LogP contribution in [0, 0.1) is 11.6 Å². The number of hydrogen-bond acceptors (Lipinski definition) is 7. The van der Waals surface area contributed by atoms with E-state index in [-0.39, 0.29) is 5.69 Å². The highest BCUT2D eigenvalue weighted by molar-refractivity contribution is 5.98. The van der Waals surface area contributed by atoms with Crippen LogP contribution in [-0.2, 0) is 11.8 Å². The van der Waals surface area contributed by atoms with E-state index in [0.717, 1.165) is 17.8 Å². The molecule has 4 rings (SSSR count). The standard InChI is InChI=1S/C18H18F2N6O2/c1-24-16-11(8-22-24)7-12(18(27)28-2)17(23-16)26-5-3-25(4-6-26)15-13(19)9-21-10-14(15)20/h7-10H,3-6H2,1-2H3. The summed E-state index contributed by atoms with van der Waals surface area (Å²) < 4.78 is 34.5. The Labute approximate surface area is 159 Å². The van der Waals surface area contributed by atoms with E-state index in [1.54, 1.807) is 28.9 Å². The zero-order valence-corrected chi connectivity index (χ0v) is 15.4. The van der Waals surface area contributed by atoms with Gasteiger partial charge in [0.05, 0.1) is 25.7 Å². The molecule has 0 N–H and O–H groups in total. The molecule has 0 aromatic carbocycles. The Morgan fingerprint density at radius 3 is 2.36 bits per heavy atom. The Morgan fingerprint density at radius 1 is 1.07 bits per heavy atom. The maximum Gasteiger partial charge on any atom is 0.341 e. The molecule has 1 saturated heterocycles. The zero-order valence-electron chi connectivity index (χ0n) is 15.4. The molecule has 3 aromatic heterocycles. The van der Waals surface area contributed by atoms with Gasteiger partial charge in [0.2, 0.25) is 0 Å². The normalized spacial score (nSPS) is 14.6. The lowest BCUT2D eigenvalue weighted by Crippen LogP contribution is -2.48. The maximum atomic E-state index is 14.0. The molecule has 1 aliphatic heterocycles. The summed E-state index contributed by atoms with van der Waals surface area (Å²) >= 11 is 0. The van der Waals surface area contributed by atoms with Gasteiger partial charge >= 0.3 is 5.97 Å². The molecular weight excluding hydrogens is 370 g/mol. The lowest BCUT2D eigenvalue weighted by molar-refractivity contribution is 0.0601. The Bertz CT molecular complexity index is 1030. The monoisotopic (exact) mass is 388 g/mol. The third-order valence-electron chi connectivity index (χ3n) is 4.82. The number of pyridine rings is 2. The molecule has 0 bridgehead atoms. The number of esters is 1. The average molecular weight is 388 g/mol. The Hall–Kier alpha value is -3.30. The number of ether oxygens (including phenoxy) is 1. The smallest absolute Gasteiger partial charge is 0.341 e. The van der Waals surface area contributed by atoms with Crippen LogP contribution in [-0.4, -0.2) is 59.0 Å². The minimum Gasteiger partial charge on any atom is -0.465 e. The van der Waals surface area contributed by atoms with Crippen molar-refractivity contribution < 1.29 is 18.3 Å². The molecule has 146 valence electrons. The summed E-state index contributed by atoms with van der Waals surface area (Å²) in [5.41, 5.74) is 0.881. The fraction of sp³-hybridized carbons (Fsp3) is 0.333. The van der Waals surface area contributed by atoms with Gasteiger partial charge in [0.15, 0.2) is 17.3 Å². The number of hydrogen-bond donors (Lipinski definition) is 0. The van der Waals surface area contributed by atoms with Crippen molar-refractivity contribution in [1.29, 1.82) is 0 Å². The van der Waals surface area contributed by atoms with E-state index in [1.807, 2.05) is 4.90 Å². The molecule has 0 radical (unpaired) electrons. The number of rotatable bonds is 3. The van der Waals surface area contributed by atoms with Gasteiger partial charge in [0.25, 0.3) is 0 Å². The molecule has 0 aliphatic carbocycles. The van der Waals surface area contributed by atoms with E-state index in [4.69, 9.17) is 4.74 Å². The highest BCUT2D eigenvalue weighted by Gasteiger charge is 2.27. The van der Waals surface area contributed by atoms with Gasteiger partial charge in [-0.25, -0.2) is 18.6 Å². The van der Waals surface area contributed by atoms with Gasteiger partial charge < -0.3 is 14.5 Å². The molecule has 0 spiro atoms. The predicted octanol–water partition coefficient (Wildman–Crippen LogP) is 1.75. The van der Waals surface area contributed by atoms with Gasteiger partial charge in [-0.1, -0.05) is 0 Å². The van der Waals surface area contributed by atoms with E-state index >= 15 is 0 Å². The van der Waals surface area contributed by atoms with Crippen molar-refractivity contribution in [1.82, 2.24) is 19.7 Å². The molecule has 28 heavy (non-hydrogen) atoms. The Morgan fingerprint density at radius 2 is 1.71 bits per heavy atom. The molecule has 0 saturated carbocycles. The van der Waals surface area contributed by atoms with Gasteiger partial charge in [-0.2, -0.15) is 5.10 Å². The summed E-state index contributed by atoms with van der Waals surface area (Å²) in [7, 11) is 3.08. The molecule has 1 fully saturated rings. The number of fused-ring (bicyclic) bond motifs is 1. The molecule has 0 unspecified atom stereocenters. The first kappa shape index (κ1) is 18.1. The van der Waals surface area contributed by atoms with E-state index in [2.05, 4.69) is 15.1 Å². The third-order valence-corrected chi connectivity index (χ3v) is 4.82. The fourth-order valence-electron chi connectivity index (χ4n) is 3.42. The summed E-state index contributed by atoms with van der Waals surface area (Å²) in [6.45, 7) is 1.59. The predicted molar refractivity (Wildman–Crippen MR) is 98.4 cm³/mol. The minimum absolute atomic E-state index is 0.0853. The molecule has 0 amide bonds. The summed E-state index contributed by atoms with van der Waals surface area (Å²) in [4.78, 5) is 23.9. The number of aryl methyl sites for hydroxylation is 1. The number of methoxy groups -OCH3 is 1. The second-order valence-electron chi connectivity index (χ2n) is 6.46. The summed E-state index contributed by atoms with van der Waals surface area (Å²) in [5.74, 6) is -1.42. The van der Waals surface area contributed by atoms with Crippen molar-refractivity contribution in [3.05, 3.63) is 41.9 Å². The molecule has 4 heterocycles. The van der Waals surface area contributed by atoms with Crippen LogP contribution in [0.1, 0.15) is 10.4 Å². The minimum atomic E-state index is -0.696. The topological polar surface area (TPSA) is 76.4 Å². The van der Waals surface area contributed by atoms with E-state index in [9.17, 15) is 13.6 Å². The third kappa shape index (κ3) is 3.00. The molecule has 0 atom stereocenters. The Kier molecular flexibility index (Phi) is 4.54. The second-order valence-corrected chi connectivity index (χ2v) is 6.46. The van der Waals surface area contributed by atoms with E-state index in [0.29, 0.717) is 43.2 Å². The average Bonchev–Trinajstić information content (AvgIpc) is 3.07. The van der Waals surface area contributed by atoms with Crippen LogP contribution in [0.5, 0.6) is 0 Å². The summed E-state index contributed by atoms with van der Waals surface area (Å²) in [5, 5.41) is 4.89. The van der Waals surface area contributed by atoms with Crippen LogP contribution < -0.4 is 9.80 Å². The van der Waals surface area contributed by atoms with Crippen molar-refractivity contribution in [3.63, 3.8) is 0 Å². The summed E-state index contributed by atoms with van der Waals surface area (Å²) in [6.07, 6.45) is 3.63. The first-order valence-corrected chi connectivity index (χ1v) is 8.69. The number of carbonyl (C=O) groups excluding carboxylic acids is 1. The quantitative estimate of drug-likeness (QED) is 0.633. The van der Waals surface area contributed by atoms with Gasteiger partial charge in [-0.05, 0) is 6.07 Å². The van der Waals surface area contributed by atoms with E-state index < -0.39 is 17.6 Å². The first-order chi connectivity index (χ1) is 13.5. The van der Waals surface area contributed by atoms with Crippen LogP contribution in [0.2, 0.25) is 0 Å². The van der Waals surface area contributed by atoms with Gasteiger partial charge in [-0.15, -0.1) is 0 Å². The van der Waals surface area contributed by atoms with Crippen LogP contribution in [0.3, 0.4) is 0 Å². The fourth-order valence-corrected chi connectivity index (χ4v) is 3.42. The van der Waals surface area contributed by atoms with Gasteiger partial charge in [0.1, 0.15) is 17.1 Å². The van der Waals surface area contributed by atoms with Crippen LogP contribution in [0.15, 0.2) is 24.7 Å². The lowest BCUT2D eigenvalue weighted by Gasteiger charge is -2.37. The van der Waals surface area contributed by atoms with E-state index in [1.165, 1.54) is 7.11 Å². The van der Waals surface area contributed by atoms with Crippen molar-refractivity contribution in [2.45, 2.75) is 0 Å². The highest BCUT2D eigenvalue weighted by atomic mass is 19.1. The lowest BCUT2D eigenvalue weighted by atomic mass is 10.2. The molecule has 10 heteroatoms. The van der Waals surface area contributed by atoms with Crippen LogP contribution in [0.4, 0.5) is 20.3 Å². The molecule has 8 nitrogen and oxygen atoms in total. The molecule has 1 aliphatic rings. The van der Waals surface area contributed by atoms with Crippen molar-refractivity contribution in [2.75, 3.05) is 43.1 Å². The molecule has 3 aromatic rings. The SMILES string of the molecule is COC(=O)c1cc2cnn(C)c2nc1N1CCN(c2c(F)cncc2F)CC1. The number of aromatic nitrogens is 4. The molecular formula is C18H18F2N6O2. The largest absolute Gasteiger partial charge is 0.465 e. The number of anilines is 2. The van der Waals surface area contributed by atoms with Crippen LogP contribution >= 0.6 is 0 Å². The van der Waals surface area contributed by atoms with Crippen molar-refractivity contribution in [3.8, 4) is 0 Å². The number of carbonyl (C=O) groups is 1. The van der Waals surface area contributed by atoms with Crippen molar-refractivity contribution >= 4 is 28.5 Å². The van der Waals surface area contributed by atoms with Crippen molar-refractivity contribution in [2.24, 2.45) is 7.05 Å².